The van der Waals surface area contributed by atoms with Crippen LogP contribution < -0.4 is 5.32 Å². The van der Waals surface area contributed by atoms with Gasteiger partial charge in [0.2, 0.25) is 11.7 Å². The molecular formula is C21H23N5O2. The zero-order chi connectivity index (χ0) is 19.3. The number of likely N-dealkylation sites (tertiary alicyclic amines) is 1. The Bertz CT molecular complexity index is 941. The van der Waals surface area contributed by atoms with Crippen molar-refractivity contribution in [1.29, 1.82) is 0 Å². The van der Waals surface area contributed by atoms with Crippen LogP contribution in [0.4, 0.5) is 10.5 Å². The molecule has 3 heterocycles. The number of aryl methyl sites for hydroxylation is 1. The molecule has 7 heteroatoms. The summed E-state index contributed by atoms with van der Waals surface area (Å²) in [5.41, 5.74) is 2.73. The van der Waals surface area contributed by atoms with Crippen LogP contribution in [0.3, 0.4) is 0 Å². The third kappa shape index (κ3) is 4.03. The third-order valence-electron chi connectivity index (χ3n) is 4.95. The number of carbonyl (C=O) groups is 1. The van der Waals surface area contributed by atoms with E-state index in [4.69, 9.17) is 4.52 Å². The average Bonchev–Trinajstić information content (AvgIpc) is 3.06. The van der Waals surface area contributed by atoms with Crippen LogP contribution in [0.15, 0.2) is 53.3 Å². The van der Waals surface area contributed by atoms with Gasteiger partial charge in [-0.3, -0.25) is 4.98 Å². The van der Waals surface area contributed by atoms with Crippen LogP contribution in [-0.4, -0.2) is 32.6 Å². The zero-order valence-corrected chi connectivity index (χ0v) is 15.8. The summed E-state index contributed by atoms with van der Waals surface area (Å²) in [5, 5.41) is 7.12. The molecule has 3 aromatic rings. The highest BCUT2D eigenvalue weighted by molar-refractivity contribution is 5.89. The fourth-order valence-corrected chi connectivity index (χ4v) is 3.52. The Morgan fingerprint density at radius 2 is 2.04 bits per heavy atom. The van der Waals surface area contributed by atoms with Crippen molar-refractivity contribution in [3.8, 4) is 11.4 Å². The number of carbonyl (C=O) groups excluding carboxylic acids is 1. The molecule has 0 bridgehead atoms. The van der Waals surface area contributed by atoms with Gasteiger partial charge in [0.25, 0.3) is 0 Å². The molecule has 0 radical (unpaired) electrons. The Kier molecular flexibility index (Phi) is 5.32. The van der Waals surface area contributed by atoms with Crippen molar-refractivity contribution in [2.75, 3.05) is 11.9 Å². The molecule has 144 valence electrons. The molecule has 1 aliphatic heterocycles. The molecule has 1 fully saturated rings. The molecule has 0 saturated carbocycles. The highest BCUT2D eigenvalue weighted by Gasteiger charge is 2.31. The van der Waals surface area contributed by atoms with Crippen LogP contribution in [-0.2, 0) is 0 Å². The second-order valence-corrected chi connectivity index (χ2v) is 7.05. The van der Waals surface area contributed by atoms with E-state index in [1.54, 1.807) is 12.4 Å². The Morgan fingerprint density at radius 3 is 2.86 bits per heavy atom. The molecule has 1 saturated heterocycles. The van der Waals surface area contributed by atoms with E-state index in [9.17, 15) is 4.79 Å². The summed E-state index contributed by atoms with van der Waals surface area (Å²) < 4.78 is 5.56. The van der Waals surface area contributed by atoms with Crippen LogP contribution in [0, 0.1) is 6.92 Å². The maximum absolute atomic E-state index is 13.0. The van der Waals surface area contributed by atoms with E-state index in [0.29, 0.717) is 18.3 Å². The van der Waals surface area contributed by atoms with Gasteiger partial charge in [0.05, 0.1) is 0 Å². The highest BCUT2D eigenvalue weighted by atomic mass is 16.5. The number of anilines is 1. The number of pyridine rings is 1. The fourth-order valence-electron chi connectivity index (χ4n) is 3.52. The Morgan fingerprint density at radius 1 is 1.18 bits per heavy atom. The van der Waals surface area contributed by atoms with Gasteiger partial charge in [-0.15, -0.1) is 0 Å². The third-order valence-corrected chi connectivity index (χ3v) is 4.95. The van der Waals surface area contributed by atoms with Gasteiger partial charge in [-0.05, 0) is 49.6 Å². The van der Waals surface area contributed by atoms with E-state index < -0.39 is 0 Å². The topological polar surface area (TPSA) is 84.2 Å². The second kappa shape index (κ2) is 8.21. The lowest BCUT2D eigenvalue weighted by Crippen LogP contribution is -2.38. The second-order valence-electron chi connectivity index (χ2n) is 7.05. The monoisotopic (exact) mass is 377 g/mol. The molecule has 1 N–H and O–H groups in total. The number of hydrogen-bond donors (Lipinski definition) is 1. The van der Waals surface area contributed by atoms with E-state index in [1.807, 2.05) is 48.2 Å². The first kappa shape index (κ1) is 18.2. The molecule has 1 aliphatic rings. The van der Waals surface area contributed by atoms with E-state index in [-0.39, 0.29) is 12.1 Å². The normalized spacial score (nSPS) is 17.2. The van der Waals surface area contributed by atoms with Crippen molar-refractivity contribution < 1.29 is 9.32 Å². The highest BCUT2D eigenvalue weighted by Crippen LogP contribution is 2.31. The summed E-state index contributed by atoms with van der Waals surface area (Å²) >= 11 is 0. The van der Waals surface area contributed by atoms with Gasteiger partial charge in [0.1, 0.15) is 6.04 Å². The van der Waals surface area contributed by atoms with Crippen molar-refractivity contribution in [2.24, 2.45) is 0 Å². The van der Waals surface area contributed by atoms with Gasteiger partial charge in [-0.2, -0.15) is 4.98 Å². The number of rotatable bonds is 3. The number of benzene rings is 1. The van der Waals surface area contributed by atoms with Gasteiger partial charge >= 0.3 is 6.03 Å². The summed E-state index contributed by atoms with van der Waals surface area (Å²) in [6, 6.07) is 11.1. The molecule has 1 aromatic carbocycles. The molecule has 4 rings (SSSR count). The number of amides is 2. The molecule has 7 nitrogen and oxygen atoms in total. The van der Waals surface area contributed by atoms with E-state index >= 15 is 0 Å². The minimum absolute atomic E-state index is 0.138. The maximum Gasteiger partial charge on any atom is 0.322 e. The quantitative estimate of drug-likeness (QED) is 0.722. The summed E-state index contributed by atoms with van der Waals surface area (Å²) in [6.07, 6.45) is 7.25. The predicted molar refractivity (Wildman–Crippen MR) is 106 cm³/mol. The predicted octanol–water partition coefficient (Wildman–Crippen LogP) is 4.59. The van der Waals surface area contributed by atoms with Crippen molar-refractivity contribution >= 4 is 11.7 Å². The van der Waals surface area contributed by atoms with E-state index in [2.05, 4.69) is 20.4 Å². The summed E-state index contributed by atoms with van der Waals surface area (Å²) in [6.45, 7) is 2.67. The standard InChI is InChI=1S/C21H23N5O2/c1-15-6-5-7-17(14-15)23-21(27)26-13-4-2-3-8-18(26)20-24-19(25-28-20)16-9-11-22-12-10-16/h5-7,9-12,14,18H,2-4,8,13H2,1H3,(H,23,27). The Hall–Kier alpha value is -3.22. The number of aromatic nitrogens is 3. The number of hydrogen-bond acceptors (Lipinski definition) is 5. The molecule has 2 amide bonds. The first-order valence-corrected chi connectivity index (χ1v) is 9.59. The van der Waals surface area contributed by atoms with Gasteiger partial charge in [-0.1, -0.05) is 30.1 Å². The largest absolute Gasteiger partial charge is 0.337 e. The molecule has 2 aromatic heterocycles. The SMILES string of the molecule is Cc1cccc(NC(=O)N2CCCCCC2c2nc(-c3ccncc3)no2)c1. The van der Waals surface area contributed by atoms with Crippen molar-refractivity contribution in [3.05, 3.63) is 60.2 Å². The summed E-state index contributed by atoms with van der Waals surface area (Å²) in [7, 11) is 0. The lowest BCUT2D eigenvalue weighted by atomic mass is 10.1. The van der Waals surface area contributed by atoms with Gasteiger partial charge in [0.15, 0.2) is 0 Å². The first-order valence-electron chi connectivity index (χ1n) is 9.59. The van der Waals surface area contributed by atoms with Crippen LogP contribution >= 0.6 is 0 Å². The first-order chi connectivity index (χ1) is 13.7. The molecular weight excluding hydrogens is 354 g/mol. The number of nitrogens with zero attached hydrogens (tertiary/aromatic N) is 4. The van der Waals surface area contributed by atoms with E-state index in [0.717, 1.165) is 42.5 Å². The molecule has 1 unspecified atom stereocenters. The van der Waals surface area contributed by atoms with E-state index in [1.165, 1.54) is 0 Å². The number of urea groups is 1. The van der Waals surface area contributed by atoms with Crippen LogP contribution in [0.5, 0.6) is 0 Å². The van der Waals surface area contributed by atoms with Gasteiger partial charge < -0.3 is 14.7 Å². The van der Waals surface area contributed by atoms with Gasteiger partial charge in [-0.25, -0.2) is 4.79 Å². The zero-order valence-electron chi connectivity index (χ0n) is 15.8. The fraction of sp³-hybridized carbons (Fsp3) is 0.333. The van der Waals surface area contributed by atoms with Crippen LogP contribution in [0.25, 0.3) is 11.4 Å². The minimum Gasteiger partial charge on any atom is -0.337 e. The lowest BCUT2D eigenvalue weighted by Gasteiger charge is -2.27. The lowest BCUT2D eigenvalue weighted by molar-refractivity contribution is 0.171. The van der Waals surface area contributed by atoms with Crippen LogP contribution in [0.2, 0.25) is 0 Å². The summed E-state index contributed by atoms with van der Waals surface area (Å²) in [4.78, 5) is 23.4. The van der Waals surface area contributed by atoms with Crippen molar-refractivity contribution in [2.45, 2.75) is 38.6 Å². The smallest absolute Gasteiger partial charge is 0.322 e. The van der Waals surface area contributed by atoms with Gasteiger partial charge in [0, 0.05) is 30.2 Å². The Labute approximate surface area is 163 Å². The van der Waals surface area contributed by atoms with Crippen molar-refractivity contribution in [3.63, 3.8) is 0 Å². The summed E-state index contributed by atoms with van der Waals surface area (Å²) in [5.74, 6) is 0.994. The molecule has 28 heavy (non-hydrogen) atoms. The van der Waals surface area contributed by atoms with Crippen LogP contribution in [0.1, 0.15) is 43.2 Å². The minimum atomic E-state index is -0.226. The molecule has 0 spiro atoms. The Balaban J connectivity index is 1.57. The number of nitrogens with one attached hydrogen (secondary N) is 1. The maximum atomic E-state index is 13.0. The molecule has 0 aliphatic carbocycles. The average molecular weight is 377 g/mol. The van der Waals surface area contributed by atoms with Crippen molar-refractivity contribution in [1.82, 2.24) is 20.0 Å². The molecule has 1 atom stereocenters.